The molecule has 0 unspecified atom stereocenters. The van der Waals surface area contributed by atoms with Gasteiger partial charge in [-0.2, -0.15) is 0 Å². The van der Waals surface area contributed by atoms with Gasteiger partial charge in [-0.3, -0.25) is 4.79 Å². The second kappa shape index (κ2) is 3.76. The molecule has 1 heterocycles. The number of carbonyl (C=O) groups is 1. The van der Waals surface area contributed by atoms with Crippen LogP contribution >= 0.6 is 0 Å². The largest absolute Gasteiger partial charge is 0.507 e. The summed E-state index contributed by atoms with van der Waals surface area (Å²) in [5.41, 5.74) is 2.38. The van der Waals surface area contributed by atoms with Crippen molar-refractivity contribution in [3.8, 4) is 5.75 Å². The van der Waals surface area contributed by atoms with Crippen molar-refractivity contribution < 1.29 is 9.90 Å². The molecule has 0 saturated heterocycles. The van der Waals surface area contributed by atoms with Crippen LogP contribution in [0.5, 0.6) is 5.75 Å². The van der Waals surface area contributed by atoms with Gasteiger partial charge in [0.05, 0.1) is 5.56 Å². The Morgan fingerprint density at radius 1 is 1.35 bits per heavy atom. The lowest BCUT2D eigenvalue weighted by Gasteiger charge is -2.19. The molecule has 0 saturated carbocycles. The third kappa shape index (κ3) is 2.14. The molecule has 1 aromatic rings. The summed E-state index contributed by atoms with van der Waals surface area (Å²) >= 11 is 0. The van der Waals surface area contributed by atoms with Crippen LogP contribution in [-0.4, -0.2) is 23.0 Å². The molecule has 17 heavy (non-hydrogen) atoms. The van der Waals surface area contributed by atoms with Gasteiger partial charge in [0.2, 0.25) is 0 Å². The van der Waals surface area contributed by atoms with E-state index in [0.29, 0.717) is 12.1 Å². The molecule has 0 aromatic heterocycles. The highest BCUT2D eigenvalue weighted by Crippen LogP contribution is 2.35. The van der Waals surface area contributed by atoms with Gasteiger partial charge in [0.15, 0.2) is 0 Å². The van der Waals surface area contributed by atoms with Crippen LogP contribution in [0.2, 0.25) is 0 Å². The molecule has 92 valence electrons. The number of nitrogens with zero attached hydrogens (tertiary/aromatic N) is 1. The molecule has 0 fully saturated rings. The molecule has 1 aliphatic rings. The first-order chi connectivity index (χ1) is 7.79. The number of amides is 1. The summed E-state index contributed by atoms with van der Waals surface area (Å²) in [6.07, 6.45) is 0.767. The Morgan fingerprint density at radius 2 is 2.00 bits per heavy atom. The normalized spacial score (nSPS) is 15.3. The zero-order chi connectivity index (χ0) is 12.8. The van der Waals surface area contributed by atoms with Gasteiger partial charge in [0.25, 0.3) is 5.91 Å². The van der Waals surface area contributed by atoms with Crippen LogP contribution in [0.1, 0.15) is 42.3 Å². The summed E-state index contributed by atoms with van der Waals surface area (Å²) in [6, 6.07) is 3.89. The topological polar surface area (TPSA) is 40.5 Å². The van der Waals surface area contributed by atoms with Gasteiger partial charge in [0, 0.05) is 13.6 Å². The Balaban J connectivity index is 2.44. The van der Waals surface area contributed by atoms with Crippen molar-refractivity contribution in [1.29, 1.82) is 0 Å². The minimum absolute atomic E-state index is 0.0757. The first-order valence-electron chi connectivity index (χ1n) is 5.89. The summed E-state index contributed by atoms with van der Waals surface area (Å²) in [6.45, 7) is 6.95. The highest BCUT2D eigenvalue weighted by atomic mass is 16.3. The van der Waals surface area contributed by atoms with Crippen molar-refractivity contribution in [1.82, 2.24) is 4.90 Å². The minimum atomic E-state index is -0.0757. The van der Waals surface area contributed by atoms with Crippen LogP contribution in [-0.2, 0) is 13.0 Å². The SMILES string of the molecule is CN1Cc2ccc(CC(C)(C)C)c(O)c2C1=O. The van der Waals surface area contributed by atoms with Crippen molar-refractivity contribution in [2.45, 2.75) is 33.7 Å². The molecule has 3 nitrogen and oxygen atoms in total. The number of rotatable bonds is 1. The van der Waals surface area contributed by atoms with Gasteiger partial charge in [-0.05, 0) is 23.0 Å². The van der Waals surface area contributed by atoms with E-state index >= 15 is 0 Å². The summed E-state index contributed by atoms with van der Waals surface area (Å²) in [5.74, 6) is 0.0973. The molecule has 0 spiro atoms. The van der Waals surface area contributed by atoms with Gasteiger partial charge < -0.3 is 10.0 Å². The number of carbonyl (C=O) groups excluding carboxylic acids is 1. The van der Waals surface area contributed by atoms with E-state index in [1.165, 1.54) is 0 Å². The summed E-state index contributed by atoms with van der Waals surface area (Å²) in [7, 11) is 1.76. The van der Waals surface area contributed by atoms with E-state index in [1.54, 1.807) is 11.9 Å². The Kier molecular flexibility index (Phi) is 2.64. The molecule has 2 rings (SSSR count). The lowest BCUT2D eigenvalue weighted by molar-refractivity contribution is 0.0814. The first-order valence-corrected chi connectivity index (χ1v) is 5.89. The predicted octanol–water partition coefficient (Wildman–Crippen LogP) is 2.57. The van der Waals surface area contributed by atoms with Gasteiger partial charge in [-0.1, -0.05) is 32.9 Å². The third-order valence-electron chi connectivity index (χ3n) is 3.04. The average molecular weight is 233 g/mol. The Bertz CT molecular complexity index is 472. The van der Waals surface area contributed by atoms with Crippen LogP contribution in [0.25, 0.3) is 0 Å². The smallest absolute Gasteiger partial charge is 0.258 e. The number of hydrogen-bond acceptors (Lipinski definition) is 2. The fourth-order valence-corrected chi connectivity index (χ4v) is 2.28. The number of phenols is 1. The maximum atomic E-state index is 11.9. The van der Waals surface area contributed by atoms with E-state index in [1.807, 2.05) is 12.1 Å². The Hall–Kier alpha value is -1.51. The highest BCUT2D eigenvalue weighted by molar-refractivity contribution is 6.01. The van der Waals surface area contributed by atoms with E-state index in [9.17, 15) is 9.90 Å². The van der Waals surface area contributed by atoms with Crippen molar-refractivity contribution in [3.05, 3.63) is 28.8 Å². The van der Waals surface area contributed by atoms with Gasteiger partial charge in [-0.25, -0.2) is 0 Å². The Labute approximate surface area is 102 Å². The van der Waals surface area contributed by atoms with Crippen LogP contribution in [0.3, 0.4) is 0 Å². The predicted molar refractivity (Wildman–Crippen MR) is 67.1 cm³/mol. The van der Waals surface area contributed by atoms with E-state index in [4.69, 9.17) is 0 Å². The fraction of sp³-hybridized carbons (Fsp3) is 0.500. The van der Waals surface area contributed by atoms with E-state index in [2.05, 4.69) is 20.8 Å². The molecule has 1 aliphatic heterocycles. The monoisotopic (exact) mass is 233 g/mol. The van der Waals surface area contributed by atoms with Crippen LogP contribution < -0.4 is 0 Å². The molecule has 1 N–H and O–H groups in total. The van der Waals surface area contributed by atoms with E-state index in [0.717, 1.165) is 17.5 Å². The summed E-state index contributed by atoms with van der Waals surface area (Å²) in [4.78, 5) is 13.5. The second-order valence-electron chi connectivity index (χ2n) is 6.01. The number of benzene rings is 1. The maximum absolute atomic E-state index is 11.9. The number of aromatic hydroxyl groups is 1. The summed E-state index contributed by atoms with van der Waals surface area (Å²) < 4.78 is 0. The molecule has 0 atom stereocenters. The number of fused-ring (bicyclic) bond motifs is 1. The molecule has 3 heteroatoms. The average Bonchev–Trinajstić information content (AvgIpc) is 2.47. The molecule has 1 aromatic carbocycles. The summed E-state index contributed by atoms with van der Waals surface area (Å²) in [5, 5.41) is 10.2. The lowest BCUT2D eigenvalue weighted by atomic mass is 9.86. The lowest BCUT2D eigenvalue weighted by Crippen LogP contribution is -2.17. The quantitative estimate of drug-likeness (QED) is 0.810. The molecular weight excluding hydrogens is 214 g/mol. The molecular formula is C14H19NO2. The van der Waals surface area contributed by atoms with Crippen molar-refractivity contribution in [2.24, 2.45) is 5.41 Å². The first kappa shape index (κ1) is 12.0. The van der Waals surface area contributed by atoms with Gasteiger partial charge >= 0.3 is 0 Å². The van der Waals surface area contributed by atoms with E-state index in [-0.39, 0.29) is 17.1 Å². The van der Waals surface area contributed by atoms with Crippen molar-refractivity contribution in [3.63, 3.8) is 0 Å². The molecule has 0 aliphatic carbocycles. The van der Waals surface area contributed by atoms with E-state index < -0.39 is 0 Å². The second-order valence-corrected chi connectivity index (χ2v) is 6.01. The fourth-order valence-electron chi connectivity index (χ4n) is 2.28. The zero-order valence-corrected chi connectivity index (χ0v) is 10.9. The number of hydrogen-bond donors (Lipinski definition) is 1. The standard InChI is InChI=1S/C14H19NO2/c1-14(2,3)7-9-5-6-10-8-15(4)13(17)11(10)12(9)16/h5-6,16H,7-8H2,1-4H3. The maximum Gasteiger partial charge on any atom is 0.258 e. The van der Waals surface area contributed by atoms with Crippen LogP contribution in [0.15, 0.2) is 12.1 Å². The molecule has 0 bridgehead atoms. The van der Waals surface area contributed by atoms with Crippen molar-refractivity contribution in [2.75, 3.05) is 7.05 Å². The molecule has 1 amide bonds. The number of phenolic OH excluding ortho intramolecular Hbond substituents is 1. The van der Waals surface area contributed by atoms with Crippen molar-refractivity contribution >= 4 is 5.91 Å². The third-order valence-corrected chi connectivity index (χ3v) is 3.04. The Morgan fingerprint density at radius 3 is 2.59 bits per heavy atom. The van der Waals surface area contributed by atoms with Gasteiger partial charge in [-0.15, -0.1) is 0 Å². The van der Waals surface area contributed by atoms with Crippen LogP contribution in [0, 0.1) is 5.41 Å². The van der Waals surface area contributed by atoms with Gasteiger partial charge in [0.1, 0.15) is 5.75 Å². The van der Waals surface area contributed by atoms with Crippen LogP contribution in [0.4, 0.5) is 0 Å². The zero-order valence-electron chi connectivity index (χ0n) is 10.9. The highest BCUT2D eigenvalue weighted by Gasteiger charge is 2.29. The minimum Gasteiger partial charge on any atom is -0.507 e. The molecule has 0 radical (unpaired) electrons.